The van der Waals surface area contributed by atoms with Gasteiger partial charge in [0, 0.05) is 33.5 Å². The molecule has 0 saturated carbocycles. The zero-order valence-corrected chi connectivity index (χ0v) is 42.8. The molecular weight excluding hydrogens is 941 g/mol. The Hall–Kier alpha value is -10.3. The zero-order valence-electron chi connectivity index (χ0n) is 42.8. The van der Waals surface area contributed by atoms with E-state index in [9.17, 15) is 0 Å². The molecule has 0 N–H and O–H groups in total. The van der Waals surface area contributed by atoms with Crippen LogP contribution in [0.5, 0.6) is 0 Å². The number of benzene rings is 14. The molecule has 0 atom stereocenters. The van der Waals surface area contributed by atoms with Crippen molar-refractivity contribution >= 4 is 71.2 Å². The summed E-state index contributed by atoms with van der Waals surface area (Å²) in [5.74, 6) is 0. The average Bonchev–Trinajstić information content (AvgIpc) is 3.93. The van der Waals surface area contributed by atoms with Crippen LogP contribution in [0.2, 0.25) is 0 Å². The Bertz CT molecular complexity index is 4400. The number of fused-ring (bicyclic) bond motifs is 4. The van der Waals surface area contributed by atoms with Crippen LogP contribution in [0, 0.1) is 0 Å². The van der Waals surface area contributed by atoms with E-state index in [1.54, 1.807) is 0 Å². The molecule has 0 radical (unpaired) electrons. The highest BCUT2D eigenvalue weighted by Crippen LogP contribution is 2.46. The van der Waals surface area contributed by atoms with Gasteiger partial charge < -0.3 is 9.47 Å². The Labute approximate surface area is 454 Å². The number of aromatic nitrogens is 1. The molecule has 0 aliphatic rings. The Morgan fingerprint density at radius 2 is 0.615 bits per heavy atom. The normalized spacial score (nSPS) is 11.6. The molecule has 15 aromatic rings. The van der Waals surface area contributed by atoms with Gasteiger partial charge in [-0.15, -0.1) is 0 Å². The van der Waals surface area contributed by atoms with Gasteiger partial charge in [0.1, 0.15) is 0 Å². The molecule has 1 heterocycles. The van der Waals surface area contributed by atoms with E-state index in [2.05, 4.69) is 313 Å². The van der Waals surface area contributed by atoms with Gasteiger partial charge in [0.05, 0.1) is 11.0 Å². The molecule has 0 unspecified atom stereocenters. The van der Waals surface area contributed by atoms with Crippen molar-refractivity contribution in [1.82, 2.24) is 4.57 Å². The molecule has 0 saturated heterocycles. The molecule has 0 bridgehead atoms. The summed E-state index contributed by atoms with van der Waals surface area (Å²) in [5, 5.41) is 10.2. The standard InChI is InChI=1S/C76H50N2/c1-6-17-51(18-7-1)56-31-39-67(40-32-56)78-72-42-36-60(49-71(72)76-70-41-35-59-28-16-27-58-29-30-61(50-73(76)78)75(70)74(58)59)57-33-37-66(38-34-57)77(68-45-62(52-19-8-2-9-20-52)43-63(46-68)53-21-10-3-11-22-53)69-47-64(54-23-12-4-13-24-54)44-65(48-69)55-25-14-5-15-26-55/h1-50H. The van der Waals surface area contributed by atoms with Crippen molar-refractivity contribution in [3.8, 4) is 72.4 Å². The number of hydrogen-bond acceptors (Lipinski definition) is 1. The molecule has 14 aromatic carbocycles. The second-order valence-electron chi connectivity index (χ2n) is 20.5. The third-order valence-electron chi connectivity index (χ3n) is 15.8. The lowest BCUT2D eigenvalue weighted by molar-refractivity contribution is 1.18. The van der Waals surface area contributed by atoms with E-state index in [1.165, 1.54) is 93.1 Å². The Morgan fingerprint density at radius 3 is 1.12 bits per heavy atom. The summed E-state index contributed by atoms with van der Waals surface area (Å²) in [7, 11) is 0. The SMILES string of the molecule is c1ccc(-c2ccc(-n3c4ccc(-c5ccc(N(c6cc(-c7ccccc7)cc(-c7ccccc7)c6)c6cc(-c7ccccc7)cc(-c7ccccc7)c6)cc5)cc4c4c5ccc6cccc7ccc(cc43)c5c76)cc2)cc1. The van der Waals surface area contributed by atoms with Gasteiger partial charge in [-0.25, -0.2) is 0 Å². The van der Waals surface area contributed by atoms with E-state index in [-0.39, 0.29) is 0 Å². The topological polar surface area (TPSA) is 8.17 Å². The highest BCUT2D eigenvalue weighted by molar-refractivity contribution is 6.33. The second kappa shape index (κ2) is 18.8. The first kappa shape index (κ1) is 45.1. The van der Waals surface area contributed by atoms with Crippen molar-refractivity contribution in [1.29, 1.82) is 0 Å². The van der Waals surface area contributed by atoms with Gasteiger partial charge in [0.25, 0.3) is 0 Å². The van der Waals surface area contributed by atoms with Crippen molar-refractivity contribution in [2.24, 2.45) is 0 Å². The van der Waals surface area contributed by atoms with Crippen LogP contribution in [0.3, 0.4) is 0 Å². The molecule has 0 aliphatic heterocycles. The van der Waals surface area contributed by atoms with Gasteiger partial charge in [-0.2, -0.15) is 0 Å². The minimum absolute atomic E-state index is 1.06. The molecule has 2 nitrogen and oxygen atoms in total. The Kier molecular flexibility index (Phi) is 10.9. The first-order chi connectivity index (χ1) is 38.6. The molecule has 15 rings (SSSR count). The lowest BCUT2D eigenvalue weighted by atomic mass is 9.91. The van der Waals surface area contributed by atoms with Gasteiger partial charge in [-0.3, -0.25) is 0 Å². The second-order valence-corrected chi connectivity index (χ2v) is 20.5. The molecule has 0 amide bonds. The lowest BCUT2D eigenvalue weighted by Crippen LogP contribution is -2.11. The maximum absolute atomic E-state index is 2.47. The smallest absolute Gasteiger partial charge is 0.0553 e. The fourth-order valence-electron chi connectivity index (χ4n) is 12.1. The molecule has 0 spiro atoms. The van der Waals surface area contributed by atoms with Crippen molar-refractivity contribution in [2.75, 3.05) is 4.90 Å². The number of hydrogen-bond donors (Lipinski definition) is 0. The number of nitrogens with zero attached hydrogens (tertiary/aromatic N) is 2. The average molecular weight is 991 g/mol. The van der Waals surface area contributed by atoms with Crippen LogP contribution in [0.1, 0.15) is 0 Å². The summed E-state index contributed by atoms with van der Waals surface area (Å²) >= 11 is 0. The van der Waals surface area contributed by atoms with Gasteiger partial charge in [0.2, 0.25) is 0 Å². The summed E-state index contributed by atoms with van der Waals surface area (Å²) in [4.78, 5) is 2.45. The largest absolute Gasteiger partial charge is 0.310 e. The maximum Gasteiger partial charge on any atom is 0.0553 e. The van der Waals surface area contributed by atoms with Crippen LogP contribution in [0.4, 0.5) is 17.1 Å². The third kappa shape index (κ3) is 7.90. The summed E-state index contributed by atoms with van der Waals surface area (Å²) in [6.07, 6.45) is 0. The highest BCUT2D eigenvalue weighted by Gasteiger charge is 2.22. The van der Waals surface area contributed by atoms with E-state index in [1.807, 2.05) is 0 Å². The van der Waals surface area contributed by atoms with Crippen LogP contribution in [0.15, 0.2) is 303 Å². The van der Waals surface area contributed by atoms with E-state index in [0.29, 0.717) is 0 Å². The fourth-order valence-corrected chi connectivity index (χ4v) is 12.1. The third-order valence-corrected chi connectivity index (χ3v) is 15.8. The molecule has 2 heteroatoms. The monoisotopic (exact) mass is 990 g/mol. The van der Waals surface area contributed by atoms with Crippen LogP contribution >= 0.6 is 0 Å². The Morgan fingerprint density at radius 1 is 0.205 bits per heavy atom. The van der Waals surface area contributed by atoms with Crippen LogP contribution in [-0.2, 0) is 0 Å². The van der Waals surface area contributed by atoms with Gasteiger partial charge >= 0.3 is 0 Å². The molecular formula is C76H50N2. The maximum atomic E-state index is 2.47. The minimum atomic E-state index is 1.06. The van der Waals surface area contributed by atoms with Crippen LogP contribution < -0.4 is 4.90 Å². The molecule has 364 valence electrons. The molecule has 0 aliphatic carbocycles. The summed E-state index contributed by atoms with van der Waals surface area (Å²) < 4.78 is 2.47. The van der Waals surface area contributed by atoms with Crippen molar-refractivity contribution < 1.29 is 0 Å². The van der Waals surface area contributed by atoms with Crippen LogP contribution in [-0.4, -0.2) is 4.57 Å². The van der Waals surface area contributed by atoms with E-state index >= 15 is 0 Å². The quantitative estimate of drug-likeness (QED) is 0.124. The lowest BCUT2D eigenvalue weighted by Gasteiger charge is -2.28. The highest BCUT2D eigenvalue weighted by atomic mass is 15.1. The van der Waals surface area contributed by atoms with Crippen molar-refractivity contribution in [2.45, 2.75) is 0 Å². The van der Waals surface area contributed by atoms with Crippen molar-refractivity contribution in [3.05, 3.63) is 303 Å². The predicted molar refractivity (Wildman–Crippen MR) is 332 cm³/mol. The Balaban J connectivity index is 0.923. The molecule has 1 aromatic heterocycles. The fraction of sp³-hybridized carbons (Fsp3) is 0. The predicted octanol–water partition coefficient (Wildman–Crippen LogP) is 21.2. The van der Waals surface area contributed by atoms with Crippen molar-refractivity contribution in [3.63, 3.8) is 0 Å². The van der Waals surface area contributed by atoms with E-state index < -0.39 is 0 Å². The van der Waals surface area contributed by atoms with Gasteiger partial charge in [0.15, 0.2) is 0 Å². The molecule has 0 fully saturated rings. The summed E-state index contributed by atoms with van der Waals surface area (Å²) in [5.41, 5.74) is 20.7. The first-order valence-electron chi connectivity index (χ1n) is 26.9. The van der Waals surface area contributed by atoms with Crippen LogP contribution in [0.25, 0.3) is 127 Å². The number of rotatable bonds is 10. The van der Waals surface area contributed by atoms with E-state index in [0.717, 1.165) is 50.6 Å². The van der Waals surface area contributed by atoms with Gasteiger partial charge in [-0.05, 0) is 178 Å². The number of anilines is 3. The zero-order chi connectivity index (χ0) is 51.5. The first-order valence-corrected chi connectivity index (χ1v) is 26.9. The van der Waals surface area contributed by atoms with E-state index in [4.69, 9.17) is 0 Å². The van der Waals surface area contributed by atoms with Gasteiger partial charge in [-0.1, -0.05) is 224 Å². The summed E-state index contributed by atoms with van der Waals surface area (Å²) in [6.45, 7) is 0. The summed E-state index contributed by atoms with van der Waals surface area (Å²) in [6, 6.07) is 111. The molecule has 78 heavy (non-hydrogen) atoms. The minimum Gasteiger partial charge on any atom is -0.310 e.